The average Bonchev–Trinajstić information content (AvgIpc) is 1.50. The Kier molecular flexibility index (Phi) is 15.1. The van der Waals surface area contributed by atoms with Gasteiger partial charge in [0.1, 0.15) is 22.7 Å². The standard InChI is InChI=1S/C91H92N2O3/c1-85(2,3)57-27-29-63(30-28-57)91(64-41-53-70(54-42-64)94-69-51-39-62(40-52-69)90(16,17)18)73-55-75(92(65-43-31-58(32-44-65)86(4,5)6)66-45-33-59(34-46-66)87(7,8)9)83-79(71-23-19-21-25-77(71)95-83)81(73)82-74(91)56-76(84-80(82)72-24-20-22-26-78(72)96-84)93(67-47-35-60(36-48-67)88(10,11)12)68-49-37-61(38-50-68)89(13,14)15/h19-56H,1-18H3. The van der Waals surface area contributed by atoms with Crippen molar-refractivity contribution in [3.05, 3.63) is 286 Å². The van der Waals surface area contributed by atoms with E-state index in [1.165, 1.54) is 33.4 Å². The number of anilines is 6. The summed E-state index contributed by atoms with van der Waals surface area (Å²) in [5, 5.41) is 4.15. The summed E-state index contributed by atoms with van der Waals surface area (Å²) in [5.41, 5.74) is 22.0. The van der Waals surface area contributed by atoms with Gasteiger partial charge < -0.3 is 23.4 Å². The number of fused-ring (bicyclic) bond motifs is 11. The topological polar surface area (TPSA) is 42.0 Å². The molecule has 0 bridgehead atoms. The van der Waals surface area contributed by atoms with Crippen molar-refractivity contribution in [1.29, 1.82) is 0 Å². The number of ether oxygens (including phenoxy) is 1. The van der Waals surface area contributed by atoms with E-state index in [1.807, 2.05) is 0 Å². The molecule has 0 unspecified atom stereocenters. The van der Waals surface area contributed by atoms with E-state index < -0.39 is 5.41 Å². The van der Waals surface area contributed by atoms with Gasteiger partial charge in [0.25, 0.3) is 0 Å². The third kappa shape index (κ3) is 11.1. The summed E-state index contributed by atoms with van der Waals surface area (Å²) >= 11 is 0. The summed E-state index contributed by atoms with van der Waals surface area (Å²) in [4.78, 5) is 4.89. The lowest BCUT2D eigenvalue weighted by molar-refractivity contribution is 0.481. The Balaban J connectivity index is 1.17. The predicted octanol–water partition coefficient (Wildman–Crippen LogP) is 26.4. The monoisotopic (exact) mass is 1260 g/mol. The average molecular weight is 1260 g/mol. The Morgan fingerprint density at radius 1 is 0.292 bits per heavy atom. The van der Waals surface area contributed by atoms with E-state index >= 15 is 0 Å². The summed E-state index contributed by atoms with van der Waals surface area (Å²) in [6, 6.07) is 86.2. The maximum atomic E-state index is 7.57. The third-order valence-corrected chi connectivity index (χ3v) is 20.2. The Labute approximate surface area is 569 Å². The number of hydrogen-bond acceptors (Lipinski definition) is 5. The number of nitrogens with zero attached hydrogens (tertiary/aromatic N) is 2. The molecule has 5 nitrogen and oxygen atoms in total. The zero-order chi connectivity index (χ0) is 67.8. The van der Waals surface area contributed by atoms with Crippen molar-refractivity contribution in [2.75, 3.05) is 9.80 Å². The fraction of sp³-hybridized carbons (Fsp3) is 0.275. The van der Waals surface area contributed by atoms with Crippen LogP contribution in [0.2, 0.25) is 0 Å². The third-order valence-electron chi connectivity index (χ3n) is 20.2. The van der Waals surface area contributed by atoms with Crippen LogP contribution < -0.4 is 14.5 Å². The Morgan fingerprint density at radius 2 is 0.542 bits per heavy atom. The quantitative estimate of drug-likeness (QED) is 0.136. The van der Waals surface area contributed by atoms with Crippen LogP contribution in [0.3, 0.4) is 0 Å². The van der Waals surface area contributed by atoms with Gasteiger partial charge in [0.05, 0.1) is 16.8 Å². The van der Waals surface area contributed by atoms with Crippen LogP contribution in [0.4, 0.5) is 34.1 Å². The molecule has 0 aliphatic heterocycles. The van der Waals surface area contributed by atoms with Gasteiger partial charge in [-0.1, -0.05) is 258 Å². The molecular formula is C91H92N2O3. The SMILES string of the molecule is CC(C)(C)c1ccc(Oc2ccc(C3(c4ccc(C(C)(C)C)cc4)c4cc(N(c5ccc(C(C)(C)C)cc5)c5ccc(C(C)(C)C)cc5)c5oc6ccccc6c5c4-c4c3cc(N(c3ccc(C(C)(C)C)cc3)c3ccc(C(C)(C)C)cc3)c3oc5ccccc5c43)cc2)cc1. The zero-order valence-electron chi connectivity index (χ0n) is 59.6. The van der Waals surface area contributed by atoms with Crippen molar-refractivity contribution >= 4 is 78.0 Å². The highest BCUT2D eigenvalue weighted by atomic mass is 16.5. The minimum atomic E-state index is -1.02. The fourth-order valence-corrected chi connectivity index (χ4v) is 14.6. The van der Waals surface area contributed by atoms with Crippen LogP contribution in [0.5, 0.6) is 11.5 Å². The van der Waals surface area contributed by atoms with Gasteiger partial charge in [-0.3, -0.25) is 0 Å². The smallest absolute Gasteiger partial charge is 0.160 e. The first-order valence-corrected chi connectivity index (χ1v) is 34.4. The maximum absolute atomic E-state index is 7.57. The number of benzene rings is 11. The van der Waals surface area contributed by atoms with Crippen molar-refractivity contribution in [3.63, 3.8) is 0 Å². The van der Waals surface area contributed by atoms with Gasteiger partial charge >= 0.3 is 0 Å². The molecule has 13 aromatic rings. The van der Waals surface area contributed by atoms with Gasteiger partial charge in [-0.15, -0.1) is 0 Å². The molecule has 0 saturated carbocycles. The molecule has 1 aliphatic carbocycles. The van der Waals surface area contributed by atoms with Gasteiger partial charge in [0.15, 0.2) is 11.2 Å². The first-order valence-electron chi connectivity index (χ1n) is 34.4. The second-order valence-corrected chi connectivity index (χ2v) is 33.1. The number of para-hydroxylation sites is 2. The van der Waals surface area contributed by atoms with Crippen molar-refractivity contribution in [2.24, 2.45) is 0 Å². The minimum Gasteiger partial charge on any atom is -0.457 e. The Bertz CT molecular complexity index is 4700. The van der Waals surface area contributed by atoms with Crippen LogP contribution in [-0.2, 0) is 37.9 Å². The van der Waals surface area contributed by atoms with E-state index in [0.29, 0.717) is 0 Å². The fourth-order valence-electron chi connectivity index (χ4n) is 14.6. The molecule has 0 N–H and O–H groups in total. The van der Waals surface area contributed by atoms with Crippen molar-refractivity contribution in [2.45, 2.75) is 163 Å². The van der Waals surface area contributed by atoms with E-state index in [9.17, 15) is 0 Å². The summed E-state index contributed by atoms with van der Waals surface area (Å²) in [6.45, 7) is 41.1. The van der Waals surface area contributed by atoms with E-state index in [2.05, 4.69) is 365 Å². The number of hydrogen-bond donors (Lipinski definition) is 0. The second kappa shape index (κ2) is 22.8. The molecule has 484 valence electrons. The lowest BCUT2D eigenvalue weighted by Crippen LogP contribution is -2.29. The van der Waals surface area contributed by atoms with Gasteiger partial charge in [0, 0.05) is 44.3 Å². The van der Waals surface area contributed by atoms with Gasteiger partial charge in [0.2, 0.25) is 0 Å². The largest absolute Gasteiger partial charge is 0.457 e. The predicted molar refractivity (Wildman–Crippen MR) is 406 cm³/mol. The molecule has 0 spiro atoms. The van der Waals surface area contributed by atoms with Crippen molar-refractivity contribution in [3.8, 4) is 22.6 Å². The molecule has 0 fully saturated rings. The van der Waals surface area contributed by atoms with E-state index in [4.69, 9.17) is 13.6 Å². The molecule has 14 rings (SSSR count). The maximum Gasteiger partial charge on any atom is 0.160 e. The molecule has 0 radical (unpaired) electrons. The minimum absolute atomic E-state index is 0.00537. The summed E-state index contributed by atoms with van der Waals surface area (Å²) in [5.74, 6) is 1.54. The number of rotatable bonds is 10. The normalized spacial score (nSPS) is 13.6. The molecule has 1 aliphatic rings. The van der Waals surface area contributed by atoms with Gasteiger partial charge in [-0.2, -0.15) is 0 Å². The zero-order valence-corrected chi connectivity index (χ0v) is 59.6. The highest BCUT2D eigenvalue weighted by Crippen LogP contribution is 2.65. The van der Waals surface area contributed by atoms with Crippen molar-refractivity contribution in [1.82, 2.24) is 0 Å². The highest BCUT2D eigenvalue weighted by Gasteiger charge is 2.51. The van der Waals surface area contributed by atoms with Crippen LogP contribution in [0.25, 0.3) is 55.0 Å². The van der Waals surface area contributed by atoms with Crippen LogP contribution >= 0.6 is 0 Å². The summed E-state index contributed by atoms with van der Waals surface area (Å²) < 4.78 is 22.0. The lowest BCUT2D eigenvalue weighted by Gasteiger charge is -2.36. The van der Waals surface area contributed by atoms with Crippen molar-refractivity contribution < 1.29 is 13.6 Å². The van der Waals surface area contributed by atoms with E-state index in [0.717, 1.165) is 123 Å². The van der Waals surface area contributed by atoms with Crippen LogP contribution in [0.15, 0.2) is 239 Å². The van der Waals surface area contributed by atoms with E-state index in [1.54, 1.807) is 0 Å². The molecule has 2 heterocycles. The molecular weight excluding hydrogens is 1170 g/mol. The lowest BCUT2D eigenvalue weighted by atomic mass is 9.67. The second-order valence-electron chi connectivity index (χ2n) is 33.1. The molecule has 2 aromatic heterocycles. The molecule has 11 aromatic carbocycles. The van der Waals surface area contributed by atoms with E-state index in [-0.39, 0.29) is 32.5 Å². The number of furan rings is 2. The summed E-state index contributed by atoms with van der Waals surface area (Å²) in [7, 11) is 0. The Morgan fingerprint density at radius 3 is 0.833 bits per heavy atom. The molecule has 0 amide bonds. The molecule has 0 saturated heterocycles. The van der Waals surface area contributed by atoms with Gasteiger partial charge in [-0.25, -0.2) is 0 Å². The molecule has 5 heteroatoms. The van der Waals surface area contributed by atoms with Crippen LogP contribution in [0, 0.1) is 0 Å². The van der Waals surface area contributed by atoms with Crippen LogP contribution in [0.1, 0.15) is 180 Å². The van der Waals surface area contributed by atoms with Crippen LogP contribution in [-0.4, -0.2) is 0 Å². The summed E-state index contributed by atoms with van der Waals surface area (Å²) in [6.07, 6.45) is 0. The Hall–Kier alpha value is -9.58. The molecule has 96 heavy (non-hydrogen) atoms. The molecule has 0 atom stereocenters. The first-order chi connectivity index (χ1) is 45.4. The van der Waals surface area contributed by atoms with Gasteiger partial charge in [-0.05, 0) is 196 Å². The first kappa shape index (κ1) is 63.8. The highest BCUT2D eigenvalue weighted by molar-refractivity contribution is 6.27.